The van der Waals surface area contributed by atoms with Gasteiger partial charge >= 0.3 is 0 Å². The van der Waals surface area contributed by atoms with Crippen molar-refractivity contribution in [3.8, 4) is 46.0 Å². The molecule has 10 heteroatoms. The third-order valence-electron chi connectivity index (χ3n) is 10.9. The number of phenolic OH excluding ortho intramolecular Hbond substituents is 4. The second-order valence-electron chi connectivity index (χ2n) is 16.1. The maximum atomic E-state index is 10.6. The van der Waals surface area contributed by atoms with E-state index in [-0.39, 0.29) is 23.0 Å². The van der Waals surface area contributed by atoms with Crippen molar-refractivity contribution in [2.45, 2.75) is 79.1 Å². The van der Waals surface area contributed by atoms with E-state index in [0.717, 1.165) is 93.2 Å². The van der Waals surface area contributed by atoms with Crippen LogP contribution in [0, 0.1) is 0 Å². The molecule has 64 heavy (non-hydrogen) atoms. The molecule has 0 spiro atoms. The van der Waals surface area contributed by atoms with Crippen LogP contribution >= 0.6 is 0 Å². The molecule has 332 valence electrons. The van der Waals surface area contributed by atoms with Gasteiger partial charge in [-0.15, -0.1) is 0 Å². The highest BCUT2D eigenvalue weighted by Gasteiger charge is 2.23. The second kappa shape index (κ2) is 21.4. The highest BCUT2D eigenvalue weighted by atomic mass is 16.5. The van der Waals surface area contributed by atoms with Crippen molar-refractivity contribution in [3.63, 3.8) is 0 Å². The fourth-order valence-electron chi connectivity index (χ4n) is 7.93. The van der Waals surface area contributed by atoms with Crippen molar-refractivity contribution in [3.05, 3.63) is 153 Å². The zero-order chi connectivity index (χ0) is 45.0. The van der Waals surface area contributed by atoms with Crippen LogP contribution in [0.1, 0.15) is 109 Å². The van der Waals surface area contributed by atoms with Gasteiger partial charge in [0.2, 0.25) is 0 Å². The van der Waals surface area contributed by atoms with Crippen LogP contribution in [0.25, 0.3) is 0 Å². The minimum atomic E-state index is -0.0683. The summed E-state index contributed by atoms with van der Waals surface area (Å²) in [5.41, 5.74) is 10.0. The summed E-state index contributed by atoms with van der Waals surface area (Å²) >= 11 is 0. The quantitative estimate of drug-likeness (QED) is 0.0704. The summed E-state index contributed by atoms with van der Waals surface area (Å²) in [5.74, 6) is 3.00. The molecular weight excluding hydrogens is 805 g/mol. The van der Waals surface area contributed by atoms with E-state index in [1.807, 2.05) is 24.3 Å². The molecule has 0 aliphatic heterocycles. The molecule has 0 fully saturated rings. The highest BCUT2D eigenvalue weighted by molar-refractivity contribution is 5.86. The first-order valence-corrected chi connectivity index (χ1v) is 22.3. The number of rotatable bonds is 16. The van der Waals surface area contributed by atoms with Gasteiger partial charge in [-0.3, -0.25) is 9.98 Å². The number of aliphatic imine (C=N–C) groups is 2. The topological polar surface area (TPSA) is 143 Å². The van der Waals surface area contributed by atoms with Gasteiger partial charge in [-0.1, -0.05) is 64.1 Å². The lowest BCUT2D eigenvalue weighted by Gasteiger charge is -2.23. The number of para-hydroxylation sites is 2. The average Bonchev–Trinajstić information content (AvgIpc) is 3.27. The fourth-order valence-corrected chi connectivity index (χ4v) is 7.93. The van der Waals surface area contributed by atoms with E-state index in [0.29, 0.717) is 74.6 Å². The van der Waals surface area contributed by atoms with E-state index in [4.69, 9.17) is 28.9 Å². The maximum Gasteiger partial charge on any atom is 0.128 e. The summed E-state index contributed by atoms with van der Waals surface area (Å²) in [6, 6.07) is 29.7. The summed E-state index contributed by atoms with van der Waals surface area (Å²) < 4.78 is 26.8. The fraction of sp³-hybridized carbons (Fsp3) is 0.296. The van der Waals surface area contributed by atoms with Crippen molar-refractivity contribution in [2.24, 2.45) is 9.98 Å². The first kappa shape index (κ1) is 45.1. The summed E-state index contributed by atoms with van der Waals surface area (Å²) in [6.07, 6.45) is 8.44. The molecule has 8 bridgehead atoms. The van der Waals surface area contributed by atoms with E-state index >= 15 is 0 Å². The largest absolute Gasteiger partial charge is 0.508 e. The smallest absolute Gasteiger partial charge is 0.128 e. The molecule has 0 amide bonds. The summed E-state index contributed by atoms with van der Waals surface area (Å²) in [5, 5.41) is 41.1. The third kappa shape index (κ3) is 11.0. The molecular formula is C54H58N2O8. The van der Waals surface area contributed by atoms with Gasteiger partial charge in [0.1, 0.15) is 46.0 Å². The standard InChI is InChI=1S/C54H58N2O8/c1-5-19-61-51-35-11-9-12-36(51)24-42-28-46(56-34-40-16-18-48(58)32-50(40)60)30-44(54(42)64-22-8-4)26-38-14-10-13-37(52(38)62-20-6-2)25-43-29-45(27-41(23-35)53(43)63-21-7-3)55-33-39-15-17-47(57)31-49(39)59/h9-18,27-34,57-60H,5-8,19-26H2,1-4H3. The van der Waals surface area contributed by atoms with Gasteiger partial charge in [0, 0.05) is 83.6 Å². The van der Waals surface area contributed by atoms with Gasteiger partial charge in [0.15, 0.2) is 0 Å². The van der Waals surface area contributed by atoms with E-state index in [9.17, 15) is 20.4 Å². The van der Waals surface area contributed by atoms with Crippen molar-refractivity contribution >= 4 is 23.8 Å². The van der Waals surface area contributed by atoms with Crippen LogP contribution in [0.4, 0.5) is 11.4 Å². The Balaban J connectivity index is 1.48. The lowest BCUT2D eigenvalue weighted by Crippen LogP contribution is -2.10. The monoisotopic (exact) mass is 862 g/mol. The summed E-state index contributed by atoms with van der Waals surface area (Å²) in [7, 11) is 0. The molecule has 0 atom stereocenters. The molecule has 0 heterocycles. The predicted molar refractivity (Wildman–Crippen MR) is 254 cm³/mol. The molecule has 0 saturated heterocycles. The molecule has 0 radical (unpaired) electrons. The SMILES string of the molecule is CCCOc1c2cccc1Cc1cc(N=Cc3ccc(O)cc3O)cc(c1OCCC)Cc1cccc(c1OCCC)Cc1cc(N=Cc3ccc(O)cc3O)cc(c1OCCC)C2. The van der Waals surface area contributed by atoms with E-state index < -0.39 is 0 Å². The summed E-state index contributed by atoms with van der Waals surface area (Å²) in [4.78, 5) is 9.79. The van der Waals surface area contributed by atoms with Gasteiger partial charge < -0.3 is 39.4 Å². The van der Waals surface area contributed by atoms with Crippen molar-refractivity contribution in [2.75, 3.05) is 26.4 Å². The van der Waals surface area contributed by atoms with E-state index in [2.05, 4.69) is 64.1 Å². The summed E-state index contributed by atoms with van der Waals surface area (Å²) in [6.45, 7) is 10.5. The van der Waals surface area contributed by atoms with Crippen LogP contribution in [-0.4, -0.2) is 59.3 Å². The zero-order valence-electron chi connectivity index (χ0n) is 37.2. The van der Waals surface area contributed by atoms with Crippen molar-refractivity contribution in [1.29, 1.82) is 0 Å². The second-order valence-corrected chi connectivity index (χ2v) is 16.1. The Hall–Kier alpha value is -6.94. The number of aromatic hydroxyl groups is 4. The first-order valence-electron chi connectivity index (χ1n) is 22.3. The first-order chi connectivity index (χ1) is 31.2. The molecule has 0 saturated carbocycles. The molecule has 7 rings (SSSR count). The van der Waals surface area contributed by atoms with Gasteiger partial charge in [-0.2, -0.15) is 0 Å². The number of phenols is 4. The number of fused-ring (bicyclic) bond motifs is 8. The Labute approximate surface area is 376 Å². The Morgan fingerprint density at radius 3 is 0.984 bits per heavy atom. The number of hydrogen-bond donors (Lipinski definition) is 4. The van der Waals surface area contributed by atoms with Crippen molar-refractivity contribution in [1.82, 2.24) is 0 Å². The molecule has 6 aromatic rings. The van der Waals surface area contributed by atoms with E-state index in [1.54, 1.807) is 24.6 Å². The molecule has 0 unspecified atom stereocenters. The van der Waals surface area contributed by atoms with Crippen LogP contribution in [-0.2, 0) is 25.7 Å². The number of nitrogens with zero attached hydrogens (tertiary/aromatic N) is 2. The lowest BCUT2D eigenvalue weighted by atomic mass is 9.90. The van der Waals surface area contributed by atoms with Gasteiger partial charge in [-0.25, -0.2) is 0 Å². The zero-order valence-corrected chi connectivity index (χ0v) is 37.2. The Kier molecular flexibility index (Phi) is 15.1. The average molecular weight is 863 g/mol. The minimum absolute atomic E-state index is 0.0272. The molecule has 0 aromatic heterocycles. The van der Waals surface area contributed by atoms with Gasteiger partial charge in [-0.05, 0) is 96.5 Å². The molecule has 4 N–H and O–H groups in total. The number of benzene rings is 6. The van der Waals surface area contributed by atoms with Crippen LogP contribution in [0.5, 0.6) is 46.0 Å². The Morgan fingerprint density at radius 2 is 0.703 bits per heavy atom. The van der Waals surface area contributed by atoms with Crippen LogP contribution in [0.3, 0.4) is 0 Å². The Morgan fingerprint density at radius 1 is 0.406 bits per heavy atom. The minimum Gasteiger partial charge on any atom is -0.508 e. The van der Waals surface area contributed by atoms with Crippen LogP contribution < -0.4 is 18.9 Å². The molecule has 6 aromatic carbocycles. The maximum absolute atomic E-state index is 10.6. The lowest BCUT2D eigenvalue weighted by molar-refractivity contribution is 0.304. The molecule has 1 aliphatic rings. The third-order valence-corrected chi connectivity index (χ3v) is 10.9. The normalized spacial score (nSPS) is 12.4. The number of hydrogen-bond acceptors (Lipinski definition) is 10. The highest BCUT2D eigenvalue weighted by Crippen LogP contribution is 2.42. The van der Waals surface area contributed by atoms with Gasteiger partial charge in [0.25, 0.3) is 0 Å². The number of ether oxygens (including phenoxy) is 4. The molecule has 10 nitrogen and oxygen atoms in total. The van der Waals surface area contributed by atoms with Crippen LogP contribution in [0.15, 0.2) is 107 Å². The van der Waals surface area contributed by atoms with Gasteiger partial charge in [0.05, 0.1) is 37.8 Å². The van der Waals surface area contributed by atoms with Crippen LogP contribution in [0.2, 0.25) is 0 Å². The molecule has 1 aliphatic carbocycles. The predicted octanol–water partition coefficient (Wildman–Crippen LogP) is 11.8. The Bertz CT molecular complexity index is 2360. The van der Waals surface area contributed by atoms with Crippen molar-refractivity contribution < 1.29 is 39.4 Å². The van der Waals surface area contributed by atoms with E-state index in [1.165, 1.54) is 24.3 Å².